The second-order valence-corrected chi connectivity index (χ2v) is 8.55. The number of ether oxygens (including phenoxy) is 2. The summed E-state index contributed by atoms with van der Waals surface area (Å²) in [6.07, 6.45) is -4.50. The Bertz CT molecular complexity index is 1100. The first-order chi connectivity index (χ1) is 15.2. The number of hydrogen-bond donors (Lipinski definition) is 1. The van der Waals surface area contributed by atoms with Crippen LogP contribution < -0.4 is 11.4 Å². The summed E-state index contributed by atoms with van der Waals surface area (Å²) in [6.45, 7) is -1.49. The maximum Gasteiger partial charge on any atom is 0.476 e. The van der Waals surface area contributed by atoms with E-state index in [1.54, 1.807) is 30.3 Å². The maximum absolute atomic E-state index is 15.0. The lowest BCUT2D eigenvalue weighted by atomic mass is 10.1. The van der Waals surface area contributed by atoms with Crippen LogP contribution >= 0.6 is 7.82 Å². The third-order valence-electron chi connectivity index (χ3n) is 4.68. The molecular weight excluding hydrogens is 455 g/mol. The van der Waals surface area contributed by atoms with Gasteiger partial charge in [-0.2, -0.15) is 13.8 Å². The third kappa shape index (κ3) is 4.57. The molecule has 1 aromatic carbocycles. The molecule has 3 heterocycles. The van der Waals surface area contributed by atoms with Crippen LogP contribution in [-0.4, -0.2) is 46.9 Å². The van der Waals surface area contributed by atoms with Crippen LogP contribution in [0, 0.1) is 0 Å². The van der Waals surface area contributed by atoms with Gasteiger partial charge in [-0.15, -0.1) is 0 Å². The van der Waals surface area contributed by atoms with Crippen molar-refractivity contribution in [2.24, 2.45) is 0 Å². The summed E-state index contributed by atoms with van der Waals surface area (Å²) in [6, 6.07) is 9.90. The molecule has 1 aromatic heterocycles. The molecule has 0 aliphatic carbocycles. The van der Waals surface area contributed by atoms with Crippen molar-refractivity contribution >= 4 is 19.6 Å². The molecule has 172 valence electrons. The SMILES string of the molecule is Nc1ccn([C@@H]2O[C@@H]3CO[P@](=O)(OCC(=O)OCc4ccccc4)O[C@H]3C2(F)F)c(=O)n1. The van der Waals surface area contributed by atoms with E-state index in [-0.39, 0.29) is 12.4 Å². The molecule has 0 radical (unpaired) electrons. The molecule has 0 bridgehead atoms. The molecule has 0 amide bonds. The van der Waals surface area contributed by atoms with Gasteiger partial charge in [0, 0.05) is 6.20 Å². The number of carbonyl (C=O) groups is 1. The van der Waals surface area contributed by atoms with Gasteiger partial charge in [-0.05, 0) is 11.6 Å². The van der Waals surface area contributed by atoms with Crippen molar-refractivity contribution in [1.29, 1.82) is 0 Å². The summed E-state index contributed by atoms with van der Waals surface area (Å²) in [5, 5.41) is 0. The van der Waals surface area contributed by atoms with E-state index in [2.05, 4.69) is 4.98 Å². The number of nitrogens with two attached hydrogens (primary N) is 1. The molecule has 32 heavy (non-hydrogen) atoms. The molecule has 0 spiro atoms. The fourth-order valence-corrected chi connectivity index (χ4v) is 4.49. The van der Waals surface area contributed by atoms with Crippen molar-refractivity contribution < 1.29 is 41.2 Å². The zero-order valence-electron chi connectivity index (χ0n) is 16.3. The van der Waals surface area contributed by atoms with Crippen LogP contribution in [0.1, 0.15) is 11.8 Å². The number of esters is 1. The summed E-state index contributed by atoms with van der Waals surface area (Å²) in [5.41, 5.74) is 5.02. The van der Waals surface area contributed by atoms with Crippen molar-refractivity contribution in [3.8, 4) is 0 Å². The van der Waals surface area contributed by atoms with Crippen molar-refractivity contribution in [3.63, 3.8) is 0 Å². The second-order valence-electron chi connectivity index (χ2n) is 6.93. The maximum atomic E-state index is 15.0. The molecule has 14 heteroatoms. The quantitative estimate of drug-likeness (QED) is 0.486. The van der Waals surface area contributed by atoms with Gasteiger partial charge >= 0.3 is 25.4 Å². The molecule has 2 N–H and O–H groups in total. The lowest BCUT2D eigenvalue weighted by Gasteiger charge is -2.31. The number of fused-ring (bicyclic) bond motifs is 1. The number of hydrogen-bond acceptors (Lipinski definition) is 10. The summed E-state index contributed by atoms with van der Waals surface area (Å²) >= 11 is 0. The Balaban J connectivity index is 1.39. The van der Waals surface area contributed by atoms with Gasteiger partial charge in [0.05, 0.1) is 6.61 Å². The fourth-order valence-electron chi connectivity index (χ4n) is 3.15. The van der Waals surface area contributed by atoms with Crippen LogP contribution in [0.15, 0.2) is 47.4 Å². The van der Waals surface area contributed by atoms with E-state index in [1.807, 2.05) is 0 Å². The van der Waals surface area contributed by atoms with Gasteiger partial charge in [0.15, 0.2) is 12.7 Å². The fraction of sp³-hybridized carbons (Fsp3) is 0.389. The Kier molecular flexibility index (Phi) is 6.10. The molecule has 11 nitrogen and oxygen atoms in total. The van der Waals surface area contributed by atoms with E-state index in [1.165, 1.54) is 0 Å². The Morgan fingerprint density at radius 1 is 1.31 bits per heavy atom. The second kappa shape index (κ2) is 8.68. The highest BCUT2D eigenvalue weighted by Gasteiger charge is 2.65. The van der Waals surface area contributed by atoms with Crippen LogP contribution in [0.5, 0.6) is 0 Å². The minimum absolute atomic E-state index is 0.0578. The average molecular weight is 473 g/mol. The van der Waals surface area contributed by atoms with E-state index in [9.17, 15) is 22.9 Å². The first kappa shape index (κ1) is 22.5. The van der Waals surface area contributed by atoms with Crippen LogP contribution in [0.2, 0.25) is 0 Å². The first-order valence-corrected chi connectivity index (χ1v) is 10.8. The van der Waals surface area contributed by atoms with Crippen molar-refractivity contribution in [1.82, 2.24) is 9.55 Å². The Labute approximate surface area is 179 Å². The monoisotopic (exact) mass is 473 g/mol. The number of halogens is 2. The number of rotatable bonds is 6. The smallest absolute Gasteiger partial charge is 0.459 e. The molecule has 2 aromatic rings. The minimum atomic E-state index is -4.53. The van der Waals surface area contributed by atoms with Crippen molar-refractivity contribution in [3.05, 3.63) is 58.6 Å². The van der Waals surface area contributed by atoms with E-state index in [0.29, 0.717) is 10.1 Å². The number of anilines is 1. The predicted molar refractivity (Wildman–Crippen MR) is 102 cm³/mol. The number of phosphoric ester groups is 1. The van der Waals surface area contributed by atoms with Gasteiger partial charge < -0.3 is 15.2 Å². The van der Waals surface area contributed by atoms with Gasteiger partial charge in [-0.25, -0.2) is 14.2 Å². The molecule has 2 aliphatic heterocycles. The Morgan fingerprint density at radius 2 is 2.06 bits per heavy atom. The Hall–Kier alpha value is -2.70. The first-order valence-electron chi connectivity index (χ1n) is 9.33. The summed E-state index contributed by atoms with van der Waals surface area (Å²) in [4.78, 5) is 27.2. The lowest BCUT2D eigenvalue weighted by molar-refractivity contribution is -0.150. The topological polar surface area (TPSA) is 141 Å². The largest absolute Gasteiger partial charge is 0.476 e. The zero-order valence-corrected chi connectivity index (χ0v) is 17.2. The lowest BCUT2D eigenvalue weighted by Crippen LogP contribution is -2.45. The molecule has 2 saturated heterocycles. The number of benzene rings is 1. The predicted octanol–water partition coefficient (Wildman–Crippen LogP) is 1.64. The third-order valence-corrected chi connectivity index (χ3v) is 6.07. The van der Waals surface area contributed by atoms with Crippen LogP contribution in [-0.2, 0) is 39.0 Å². The number of phosphoric acid groups is 1. The molecule has 0 unspecified atom stereocenters. The molecule has 2 aliphatic rings. The van der Waals surface area contributed by atoms with Crippen LogP contribution in [0.4, 0.5) is 14.6 Å². The minimum Gasteiger partial charge on any atom is -0.459 e. The summed E-state index contributed by atoms with van der Waals surface area (Å²) in [7, 11) is -4.53. The molecule has 4 rings (SSSR count). The highest BCUT2D eigenvalue weighted by molar-refractivity contribution is 7.48. The molecule has 4 atom stereocenters. The molecule has 2 fully saturated rings. The average Bonchev–Trinajstić information content (AvgIpc) is 3.01. The van der Waals surface area contributed by atoms with Crippen LogP contribution in [0.25, 0.3) is 0 Å². The zero-order chi connectivity index (χ0) is 22.9. The van der Waals surface area contributed by atoms with Gasteiger partial charge in [-0.1, -0.05) is 30.3 Å². The van der Waals surface area contributed by atoms with E-state index < -0.39 is 57.1 Å². The number of nitrogens with zero attached hydrogens (tertiary/aromatic N) is 2. The summed E-state index contributed by atoms with van der Waals surface area (Å²) in [5.74, 6) is -4.85. The van der Waals surface area contributed by atoms with Gasteiger partial charge in [0.25, 0.3) is 0 Å². The van der Waals surface area contributed by atoms with E-state index in [0.717, 1.165) is 12.3 Å². The number of carbonyl (C=O) groups excluding carboxylic acids is 1. The van der Waals surface area contributed by atoms with Gasteiger partial charge in [-0.3, -0.25) is 18.1 Å². The van der Waals surface area contributed by atoms with E-state index in [4.69, 9.17) is 28.8 Å². The molecular formula is C18H18F2N3O8P. The summed E-state index contributed by atoms with van der Waals surface area (Å²) < 4.78 is 68.0. The highest BCUT2D eigenvalue weighted by Crippen LogP contribution is 2.59. The van der Waals surface area contributed by atoms with Crippen molar-refractivity contribution in [2.75, 3.05) is 18.9 Å². The Morgan fingerprint density at radius 3 is 2.78 bits per heavy atom. The van der Waals surface area contributed by atoms with Crippen LogP contribution in [0.3, 0.4) is 0 Å². The normalized spacial score (nSPS) is 28.8. The highest BCUT2D eigenvalue weighted by atomic mass is 31.2. The number of nitrogen functional groups attached to an aromatic ring is 1. The number of aromatic nitrogens is 2. The van der Waals surface area contributed by atoms with Gasteiger partial charge in [0.1, 0.15) is 18.5 Å². The van der Waals surface area contributed by atoms with Crippen molar-refractivity contribution in [2.45, 2.75) is 31.0 Å². The standard InChI is InChI=1S/C18H18F2N3O8P/c19-18(20)15-12(30-16(18)23-7-6-13(21)22-17(23)25)9-28-32(26,31-15)29-10-14(24)27-8-11-4-2-1-3-5-11/h1-7,12,15-16H,8-10H2,(H2,21,22,25)/t12-,15-,16-,32-/m1/s1. The molecule has 0 saturated carbocycles. The number of alkyl halides is 2. The van der Waals surface area contributed by atoms with Gasteiger partial charge in [0.2, 0.25) is 6.23 Å². The van der Waals surface area contributed by atoms with E-state index >= 15 is 0 Å².